The Morgan fingerprint density at radius 1 is 1.04 bits per heavy atom. The number of hydrazine groups is 1. The number of carbonyl (C=O) groups excluding carboxylic acids is 3. The molecule has 0 saturated carbocycles. The summed E-state index contributed by atoms with van der Waals surface area (Å²) < 4.78 is 23.4. The Balaban J connectivity index is 1.75. The van der Waals surface area contributed by atoms with Crippen LogP contribution >= 0.6 is 0 Å². The van der Waals surface area contributed by atoms with Gasteiger partial charge < -0.3 is 9.47 Å². The quantitative estimate of drug-likeness (QED) is 0.571. The van der Waals surface area contributed by atoms with Gasteiger partial charge in [-0.2, -0.15) is 0 Å². The first-order chi connectivity index (χ1) is 12.8. The highest BCUT2D eigenvalue weighted by atomic mass is 19.1. The minimum atomic E-state index is -0.913. The molecule has 0 radical (unpaired) electrons. The lowest BCUT2D eigenvalue weighted by Gasteiger charge is -2.15. The van der Waals surface area contributed by atoms with Crippen LogP contribution in [0.4, 0.5) is 4.39 Å². The second kappa shape index (κ2) is 9.33. The molecule has 0 fully saturated rings. The summed E-state index contributed by atoms with van der Waals surface area (Å²) in [5.74, 6) is -1.04. The van der Waals surface area contributed by atoms with Crippen molar-refractivity contribution < 1.29 is 28.2 Å². The Labute approximate surface area is 155 Å². The molecule has 1 unspecified atom stereocenters. The van der Waals surface area contributed by atoms with Gasteiger partial charge in [-0.3, -0.25) is 25.2 Å². The first kappa shape index (κ1) is 19.9. The highest BCUT2D eigenvalue weighted by Gasteiger charge is 2.15. The monoisotopic (exact) mass is 374 g/mol. The smallest absolute Gasteiger partial charge is 0.279 e. The molecular formula is C19H19FN2O5. The van der Waals surface area contributed by atoms with Crippen molar-refractivity contribution in [3.63, 3.8) is 0 Å². The number of ether oxygens (including phenoxy) is 2. The van der Waals surface area contributed by atoms with Crippen molar-refractivity contribution in [3.8, 4) is 11.5 Å². The second-order valence-corrected chi connectivity index (χ2v) is 5.62. The third-order valence-corrected chi connectivity index (χ3v) is 3.43. The molecule has 2 rings (SSSR count). The standard InChI is InChI=1S/C19H19FN2O5/c1-12(23)14-4-3-5-17(10-14)26-11-18(24)21-22-19(25)13(2)27-16-8-6-15(20)7-9-16/h3-10,13H,11H2,1-2H3,(H,21,24)(H,22,25). The highest BCUT2D eigenvalue weighted by molar-refractivity contribution is 5.94. The normalized spacial score (nSPS) is 11.2. The maximum atomic E-state index is 12.8. The molecule has 27 heavy (non-hydrogen) atoms. The lowest BCUT2D eigenvalue weighted by atomic mass is 10.1. The molecule has 7 nitrogen and oxygen atoms in total. The van der Waals surface area contributed by atoms with E-state index in [1.54, 1.807) is 18.2 Å². The molecule has 0 saturated heterocycles. The number of Topliss-reactive ketones (excluding diaryl/α,β-unsaturated/α-hetero) is 1. The van der Waals surface area contributed by atoms with Crippen molar-refractivity contribution in [1.29, 1.82) is 0 Å². The molecule has 142 valence electrons. The van der Waals surface area contributed by atoms with Gasteiger partial charge in [0.1, 0.15) is 17.3 Å². The van der Waals surface area contributed by atoms with Crippen LogP contribution in [0, 0.1) is 5.82 Å². The summed E-state index contributed by atoms with van der Waals surface area (Å²) in [5, 5.41) is 0. The van der Waals surface area contributed by atoms with E-state index >= 15 is 0 Å². The van der Waals surface area contributed by atoms with Crippen molar-refractivity contribution >= 4 is 17.6 Å². The molecule has 0 aromatic heterocycles. The lowest BCUT2D eigenvalue weighted by molar-refractivity contribution is -0.133. The van der Waals surface area contributed by atoms with Gasteiger partial charge in [0.15, 0.2) is 18.5 Å². The summed E-state index contributed by atoms with van der Waals surface area (Å²) in [5.41, 5.74) is 4.87. The fourth-order valence-corrected chi connectivity index (χ4v) is 1.99. The molecule has 1 atom stereocenters. The molecule has 0 bridgehead atoms. The highest BCUT2D eigenvalue weighted by Crippen LogP contribution is 2.14. The maximum absolute atomic E-state index is 12.8. The number of hydrogen-bond donors (Lipinski definition) is 2. The van der Waals surface area contributed by atoms with Crippen LogP contribution in [-0.2, 0) is 9.59 Å². The molecule has 8 heteroatoms. The Hall–Kier alpha value is -3.42. The van der Waals surface area contributed by atoms with E-state index in [9.17, 15) is 18.8 Å². The number of ketones is 1. The molecule has 0 spiro atoms. The largest absolute Gasteiger partial charge is 0.484 e. The van der Waals surface area contributed by atoms with Crippen molar-refractivity contribution in [3.05, 3.63) is 59.9 Å². The molecular weight excluding hydrogens is 355 g/mol. The molecule has 0 aliphatic carbocycles. The average molecular weight is 374 g/mol. The van der Waals surface area contributed by atoms with Crippen molar-refractivity contribution in [1.82, 2.24) is 10.9 Å². The zero-order valence-electron chi connectivity index (χ0n) is 14.8. The van der Waals surface area contributed by atoms with E-state index in [0.717, 1.165) is 0 Å². The topological polar surface area (TPSA) is 93.7 Å². The third kappa shape index (κ3) is 6.43. The molecule has 2 amide bonds. The minimum Gasteiger partial charge on any atom is -0.484 e. The summed E-state index contributed by atoms with van der Waals surface area (Å²) >= 11 is 0. The fraction of sp³-hybridized carbons (Fsp3) is 0.211. The van der Waals surface area contributed by atoms with Gasteiger partial charge in [0.2, 0.25) is 0 Å². The summed E-state index contributed by atoms with van der Waals surface area (Å²) in [7, 11) is 0. The van der Waals surface area contributed by atoms with Crippen LogP contribution in [0.3, 0.4) is 0 Å². The van der Waals surface area contributed by atoms with E-state index in [1.165, 1.54) is 44.2 Å². The Bertz CT molecular complexity index is 823. The summed E-state index contributed by atoms with van der Waals surface area (Å²) in [6.07, 6.45) is -0.913. The first-order valence-corrected chi connectivity index (χ1v) is 8.10. The van der Waals surface area contributed by atoms with E-state index < -0.39 is 23.7 Å². The van der Waals surface area contributed by atoms with E-state index in [0.29, 0.717) is 17.1 Å². The van der Waals surface area contributed by atoms with Crippen LogP contribution in [0.25, 0.3) is 0 Å². The maximum Gasteiger partial charge on any atom is 0.279 e. The van der Waals surface area contributed by atoms with Gasteiger partial charge in [0, 0.05) is 5.56 Å². The number of carbonyl (C=O) groups is 3. The molecule has 0 heterocycles. The summed E-state index contributed by atoms with van der Waals surface area (Å²) in [6, 6.07) is 11.6. The van der Waals surface area contributed by atoms with Gasteiger partial charge in [-0.25, -0.2) is 4.39 Å². The molecule has 0 aliphatic heterocycles. The molecule has 2 aromatic rings. The van der Waals surface area contributed by atoms with E-state index in [-0.39, 0.29) is 12.4 Å². The van der Waals surface area contributed by atoms with E-state index in [1.807, 2.05) is 0 Å². The van der Waals surface area contributed by atoms with Gasteiger partial charge in [-0.1, -0.05) is 12.1 Å². The molecule has 0 aliphatic rings. The zero-order chi connectivity index (χ0) is 19.8. The fourth-order valence-electron chi connectivity index (χ4n) is 1.99. The predicted octanol–water partition coefficient (Wildman–Crippen LogP) is 2.02. The average Bonchev–Trinajstić information content (AvgIpc) is 2.66. The number of hydrogen-bond acceptors (Lipinski definition) is 5. The number of amides is 2. The number of nitrogens with one attached hydrogen (secondary N) is 2. The molecule has 2 N–H and O–H groups in total. The Morgan fingerprint density at radius 3 is 2.41 bits per heavy atom. The first-order valence-electron chi connectivity index (χ1n) is 8.10. The van der Waals surface area contributed by atoms with E-state index in [4.69, 9.17) is 9.47 Å². The van der Waals surface area contributed by atoms with Crippen LogP contribution in [-0.4, -0.2) is 30.3 Å². The summed E-state index contributed by atoms with van der Waals surface area (Å²) in [4.78, 5) is 35.0. The van der Waals surface area contributed by atoms with Crippen LogP contribution in [0.15, 0.2) is 48.5 Å². The van der Waals surface area contributed by atoms with Crippen molar-refractivity contribution in [2.45, 2.75) is 20.0 Å². The second-order valence-electron chi connectivity index (χ2n) is 5.62. The van der Waals surface area contributed by atoms with Gasteiger partial charge in [0.05, 0.1) is 0 Å². The summed E-state index contributed by atoms with van der Waals surface area (Å²) in [6.45, 7) is 2.56. The Kier molecular flexibility index (Phi) is 6.87. The van der Waals surface area contributed by atoms with Crippen LogP contribution in [0.1, 0.15) is 24.2 Å². The molecule has 2 aromatic carbocycles. The SMILES string of the molecule is CC(=O)c1cccc(OCC(=O)NNC(=O)C(C)Oc2ccc(F)cc2)c1. The minimum absolute atomic E-state index is 0.118. The van der Waals surface area contributed by atoms with Gasteiger partial charge in [-0.05, 0) is 50.2 Å². The predicted molar refractivity (Wildman–Crippen MR) is 94.7 cm³/mol. The number of rotatable bonds is 7. The van der Waals surface area contributed by atoms with E-state index in [2.05, 4.69) is 10.9 Å². The van der Waals surface area contributed by atoms with Gasteiger partial charge in [0.25, 0.3) is 11.8 Å². The Morgan fingerprint density at radius 2 is 1.74 bits per heavy atom. The van der Waals surface area contributed by atoms with Crippen molar-refractivity contribution in [2.24, 2.45) is 0 Å². The third-order valence-electron chi connectivity index (χ3n) is 3.43. The number of halogens is 1. The van der Waals surface area contributed by atoms with Crippen LogP contribution in [0.2, 0.25) is 0 Å². The lowest BCUT2D eigenvalue weighted by Crippen LogP contribution is -2.48. The van der Waals surface area contributed by atoms with Gasteiger partial charge >= 0.3 is 0 Å². The van der Waals surface area contributed by atoms with Gasteiger partial charge in [-0.15, -0.1) is 0 Å². The van der Waals surface area contributed by atoms with Crippen LogP contribution < -0.4 is 20.3 Å². The number of benzene rings is 2. The zero-order valence-corrected chi connectivity index (χ0v) is 14.8. The van der Waals surface area contributed by atoms with Crippen LogP contribution in [0.5, 0.6) is 11.5 Å². The van der Waals surface area contributed by atoms with Crippen molar-refractivity contribution in [2.75, 3.05) is 6.61 Å².